The third-order valence-corrected chi connectivity index (χ3v) is 3.90. The van der Waals surface area contributed by atoms with Gasteiger partial charge >= 0.3 is 0 Å². The van der Waals surface area contributed by atoms with Gasteiger partial charge in [-0.05, 0) is 39.7 Å². The normalized spacial score (nSPS) is 17.2. The van der Waals surface area contributed by atoms with Crippen LogP contribution in [0.25, 0.3) is 20.8 Å². The predicted octanol–water partition coefficient (Wildman–Crippen LogP) is 4.70. The van der Waals surface area contributed by atoms with Crippen molar-refractivity contribution in [3.8, 4) is 12.1 Å². The molecule has 0 amide bonds. The molecule has 0 aliphatic heterocycles. The topological polar surface area (TPSA) is 56.3 Å². The predicted molar refractivity (Wildman–Crippen MR) is 88.0 cm³/mol. The van der Waals surface area contributed by atoms with Gasteiger partial charge in [0.25, 0.3) is 11.4 Å². The third kappa shape index (κ3) is 2.72. The van der Waals surface area contributed by atoms with Crippen molar-refractivity contribution in [1.82, 2.24) is 0 Å². The van der Waals surface area contributed by atoms with Gasteiger partial charge < -0.3 is 0 Å². The van der Waals surface area contributed by atoms with E-state index in [1.54, 1.807) is 0 Å². The van der Waals surface area contributed by atoms with E-state index in [2.05, 4.69) is 30.5 Å². The van der Waals surface area contributed by atoms with Crippen molar-refractivity contribution in [1.29, 1.82) is 10.5 Å². The van der Waals surface area contributed by atoms with Crippen molar-refractivity contribution in [2.45, 2.75) is 32.6 Å². The number of nitrogens with zero attached hydrogens (tertiary/aromatic N) is 4. The summed E-state index contributed by atoms with van der Waals surface area (Å²) in [5.74, 6) is 0. The van der Waals surface area contributed by atoms with Gasteiger partial charge in [-0.25, -0.2) is 20.2 Å². The average Bonchev–Trinajstić information content (AvgIpc) is 2.88. The van der Waals surface area contributed by atoms with Gasteiger partial charge in [-0.2, -0.15) is 0 Å². The van der Waals surface area contributed by atoms with E-state index in [0.717, 1.165) is 16.7 Å². The summed E-state index contributed by atoms with van der Waals surface area (Å²) in [7, 11) is 0. The molecular weight excluding hydrogens is 284 g/mol. The van der Waals surface area contributed by atoms with Crippen LogP contribution >= 0.6 is 0 Å². The van der Waals surface area contributed by atoms with Crippen LogP contribution < -0.4 is 0 Å². The van der Waals surface area contributed by atoms with E-state index in [4.69, 9.17) is 13.1 Å². The Bertz CT molecular complexity index is 879. The van der Waals surface area contributed by atoms with Crippen LogP contribution in [0.2, 0.25) is 0 Å². The SMILES string of the molecule is [C-]#[N+]/C(C#N)=C1/C/C(=C(\C#N)[N+]#[C-])c2cc(C(C)(C)C)ccc21. The molecule has 0 saturated carbocycles. The van der Waals surface area contributed by atoms with Crippen LogP contribution in [-0.2, 0) is 5.41 Å². The molecule has 0 aromatic heterocycles. The molecule has 1 aliphatic carbocycles. The minimum atomic E-state index is -0.0740. The van der Waals surface area contributed by atoms with E-state index < -0.39 is 0 Å². The minimum Gasteiger partial charge on any atom is -0.226 e. The Balaban J connectivity index is 2.86. The number of benzene rings is 1. The monoisotopic (exact) mass is 298 g/mol. The molecule has 0 heterocycles. The van der Waals surface area contributed by atoms with Crippen molar-refractivity contribution in [3.05, 3.63) is 69.1 Å². The standard InChI is InChI=1S/C19H14N4/c1-19(2,3)12-6-7-13-14(8-12)16(18(11-21)23-5)9-15(13)17(10-20)22-4/h6-8H,9H2,1-3H3/b17-15-,18-16-. The van der Waals surface area contributed by atoms with Crippen molar-refractivity contribution in [3.63, 3.8) is 0 Å². The molecule has 110 valence electrons. The Hall–Kier alpha value is -3.34. The summed E-state index contributed by atoms with van der Waals surface area (Å²) in [5.41, 5.74) is 3.82. The molecule has 0 N–H and O–H groups in total. The molecule has 4 heteroatoms. The molecule has 4 nitrogen and oxygen atoms in total. The van der Waals surface area contributed by atoms with Crippen LogP contribution in [0.4, 0.5) is 0 Å². The van der Waals surface area contributed by atoms with Crippen LogP contribution in [0.1, 0.15) is 43.9 Å². The first-order chi connectivity index (χ1) is 10.9. The zero-order chi connectivity index (χ0) is 17.2. The van der Waals surface area contributed by atoms with Crippen molar-refractivity contribution in [2.24, 2.45) is 0 Å². The number of allylic oxidation sites excluding steroid dienone is 4. The fourth-order valence-electron chi connectivity index (χ4n) is 2.63. The van der Waals surface area contributed by atoms with E-state index in [0.29, 0.717) is 11.1 Å². The molecular formula is C19H14N4. The molecule has 0 radical (unpaired) electrons. The summed E-state index contributed by atoms with van der Waals surface area (Å²) in [6.45, 7) is 20.6. The Morgan fingerprint density at radius 2 is 1.52 bits per heavy atom. The Morgan fingerprint density at radius 3 is 1.96 bits per heavy atom. The fraction of sp³-hybridized carbons (Fsp3) is 0.263. The number of nitriles is 2. The third-order valence-electron chi connectivity index (χ3n) is 3.90. The van der Waals surface area contributed by atoms with E-state index in [1.165, 1.54) is 0 Å². The highest BCUT2D eigenvalue weighted by Crippen LogP contribution is 2.45. The van der Waals surface area contributed by atoms with E-state index >= 15 is 0 Å². The van der Waals surface area contributed by atoms with Gasteiger partial charge in [0, 0.05) is 0 Å². The molecule has 23 heavy (non-hydrogen) atoms. The first kappa shape index (κ1) is 16.0. The summed E-state index contributed by atoms with van der Waals surface area (Å²) in [6.07, 6.45) is 0.277. The van der Waals surface area contributed by atoms with Gasteiger partial charge in [-0.15, -0.1) is 0 Å². The molecule has 0 unspecified atom stereocenters. The summed E-state index contributed by atoms with van der Waals surface area (Å²) in [6, 6.07) is 9.68. The maximum absolute atomic E-state index is 9.22. The van der Waals surface area contributed by atoms with Crippen LogP contribution in [-0.4, -0.2) is 0 Å². The van der Waals surface area contributed by atoms with Gasteiger partial charge in [-0.1, -0.05) is 39.0 Å². The Morgan fingerprint density at radius 1 is 1.00 bits per heavy atom. The lowest BCUT2D eigenvalue weighted by Crippen LogP contribution is -2.11. The Kier molecular flexibility index (Phi) is 4.05. The maximum atomic E-state index is 9.22. The summed E-state index contributed by atoms with van der Waals surface area (Å²) in [4.78, 5) is 6.60. The van der Waals surface area contributed by atoms with E-state index in [9.17, 15) is 10.5 Å². The molecule has 0 saturated heterocycles. The Labute approximate surface area is 136 Å². The number of fused-ring (bicyclic) bond motifs is 1. The lowest BCUT2D eigenvalue weighted by atomic mass is 9.85. The molecule has 0 bridgehead atoms. The van der Waals surface area contributed by atoms with Gasteiger partial charge in [0.15, 0.2) is 0 Å². The maximum Gasteiger partial charge on any atom is 0.265 e. The van der Waals surface area contributed by atoms with Crippen molar-refractivity contribution in [2.75, 3.05) is 0 Å². The lowest BCUT2D eigenvalue weighted by molar-refractivity contribution is 0.590. The zero-order valence-corrected chi connectivity index (χ0v) is 13.2. The second-order valence-corrected chi connectivity index (χ2v) is 6.29. The van der Waals surface area contributed by atoms with Crippen LogP contribution in [0.15, 0.2) is 29.6 Å². The lowest BCUT2D eigenvalue weighted by Gasteiger charge is -2.20. The van der Waals surface area contributed by atoms with Crippen molar-refractivity contribution < 1.29 is 0 Å². The molecule has 0 atom stereocenters. The average molecular weight is 298 g/mol. The number of hydrogen-bond acceptors (Lipinski definition) is 2. The second-order valence-electron chi connectivity index (χ2n) is 6.29. The molecule has 1 aromatic rings. The van der Waals surface area contributed by atoms with E-state index in [1.807, 2.05) is 30.3 Å². The molecule has 0 spiro atoms. The van der Waals surface area contributed by atoms with Gasteiger partial charge in [0.05, 0.1) is 25.3 Å². The van der Waals surface area contributed by atoms with Crippen molar-refractivity contribution >= 4 is 11.1 Å². The van der Waals surface area contributed by atoms with E-state index in [-0.39, 0.29) is 23.2 Å². The quantitative estimate of drug-likeness (QED) is 0.515. The highest BCUT2D eigenvalue weighted by molar-refractivity contribution is 5.97. The van der Waals surface area contributed by atoms with Gasteiger partial charge in [0.2, 0.25) is 0 Å². The fourth-order valence-corrected chi connectivity index (χ4v) is 2.63. The molecule has 1 aliphatic rings. The largest absolute Gasteiger partial charge is 0.265 e. The van der Waals surface area contributed by atoms with Crippen LogP contribution in [0.3, 0.4) is 0 Å². The van der Waals surface area contributed by atoms with Crippen LogP contribution in [0.5, 0.6) is 0 Å². The summed E-state index contributed by atoms with van der Waals surface area (Å²) in [5, 5.41) is 18.4. The summed E-state index contributed by atoms with van der Waals surface area (Å²) < 4.78 is 0. The molecule has 0 fully saturated rings. The molecule has 2 rings (SSSR count). The minimum absolute atomic E-state index is 0.0204. The molecule has 1 aromatic carbocycles. The number of hydrogen-bond donors (Lipinski definition) is 0. The zero-order valence-electron chi connectivity index (χ0n) is 13.2. The first-order valence-electron chi connectivity index (χ1n) is 7.04. The first-order valence-corrected chi connectivity index (χ1v) is 7.04. The summed E-state index contributed by atoms with van der Waals surface area (Å²) >= 11 is 0. The second kappa shape index (κ2) is 5.81. The van der Waals surface area contributed by atoms with Gasteiger partial charge in [-0.3, -0.25) is 0 Å². The highest BCUT2D eigenvalue weighted by atomic mass is 14.7. The van der Waals surface area contributed by atoms with Crippen LogP contribution in [0, 0.1) is 35.8 Å². The highest BCUT2D eigenvalue weighted by Gasteiger charge is 2.28. The smallest absolute Gasteiger partial charge is 0.226 e. The number of rotatable bonds is 0. The van der Waals surface area contributed by atoms with Gasteiger partial charge in [0.1, 0.15) is 0 Å².